The van der Waals surface area contributed by atoms with E-state index in [1.54, 1.807) is 7.11 Å². The number of ether oxygens (including phenoxy) is 1. The van der Waals surface area contributed by atoms with Crippen molar-refractivity contribution in [3.63, 3.8) is 0 Å². The van der Waals surface area contributed by atoms with E-state index in [2.05, 4.69) is 10.6 Å². The zero-order chi connectivity index (χ0) is 15.8. The van der Waals surface area contributed by atoms with Gasteiger partial charge in [-0.1, -0.05) is 18.5 Å². The molecule has 7 heteroatoms. The average Bonchev–Trinajstić information content (AvgIpc) is 2.45. The number of carboxylic acids is 1. The van der Waals surface area contributed by atoms with E-state index in [9.17, 15) is 9.59 Å². The van der Waals surface area contributed by atoms with E-state index in [0.717, 1.165) is 6.42 Å². The van der Waals surface area contributed by atoms with Gasteiger partial charge < -0.3 is 20.5 Å². The van der Waals surface area contributed by atoms with Gasteiger partial charge in [-0.05, 0) is 24.6 Å². The van der Waals surface area contributed by atoms with E-state index < -0.39 is 5.97 Å². The van der Waals surface area contributed by atoms with Gasteiger partial charge in [-0.15, -0.1) is 0 Å². The van der Waals surface area contributed by atoms with Gasteiger partial charge in [0, 0.05) is 13.2 Å². The van der Waals surface area contributed by atoms with Gasteiger partial charge in [-0.25, -0.2) is 4.79 Å². The summed E-state index contributed by atoms with van der Waals surface area (Å²) in [5.41, 5.74) is 0.344. The second-order valence-electron chi connectivity index (χ2n) is 4.49. The molecule has 6 nitrogen and oxygen atoms in total. The van der Waals surface area contributed by atoms with Crippen molar-refractivity contribution in [1.82, 2.24) is 5.32 Å². The topological polar surface area (TPSA) is 87.7 Å². The molecule has 0 heterocycles. The van der Waals surface area contributed by atoms with Gasteiger partial charge >= 0.3 is 5.97 Å². The van der Waals surface area contributed by atoms with E-state index in [-0.39, 0.29) is 34.8 Å². The monoisotopic (exact) mass is 314 g/mol. The van der Waals surface area contributed by atoms with E-state index in [4.69, 9.17) is 21.4 Å². The minimum atomic E-state index is -1.08. The van der Waals surface area contributed by atoms with Crippen molar-refractivity contribution in [3.05, 3.63) is 28.8 Å². The number of amides is 1. The van der Waals surface area contributed by atoms with Crippen LogP contribution in [0.15, 0.2) is 18.2 Å². The molecule has 0 radical (unpaired) electrons. The molecule has 1 unspecified atom stereocenters. The fourth-order valence-corrected chi connectivity index (χ4v) is 1.87. The van der Waals surface area contributed by atoms with Crippen LogP contribution in [0.4, 0.5) is 5.69 Å². The number of hydrogen-bond donors (Lipinski definition) is 3. The van der Waals surface area contributed by atoms with E-state index in [1.807, 2.05) is 6.92 Å². The molecule has 1 aromatic carbocycles. The molecule has 0 aliphatic carbocycles. The highest BCUT2D eigenvalue weighted by molar-refractivity contribution is 6.33. The third-order valence-electron chi connectivity index (χ3n) is 2.90. The molecule has 0 spiro atoms. The molecule has 0 saturated carbocycles. The SMILES string of the molecule is CCC(COC)NCC(=O)Nc1cc(C(=O)O)ccc1Cl. The maximum Gasteiger partial charge on any atom is 0.335 e. The number of benzene rings is 1. The standard InChI is InChI=1S/C14H19ClN2O4/c1-3-10(8-21-2)16-7-13(18)17-12-6-9(14(19)20)4-5-11(12)15/h4-6,10,16H,3,7-8H2,1-2H3,(H,17,18)(H,19,20). The van der Waals surface area contributed by atoms with Crippen LogP contribution < -0.4 is 10.6 Å². The van der Waals surface area contributed by atoms with Crippen molar-refractivity contribution >= 4 is 29.2 Å². The number of aromatic carboxylic acids is 1. The Bertz CT molecular complexity index is 508. The zero-order valence-corrected chi connectivity index (χ0v) is 12.7. The molecule has 21 heavy (non-hydrogen) atoms. The molecule has 0 aromatic heterocycles. The van der Waals surface area contributed by atoms with Gasteiger partial charge in [0.1, 0.15) is 0 Å². The van der Waals surface area contributed by atoms with Crippen LogP contribution in [0.2, 0.25) is 5.02 Å². The van der Waals surface area contributed by atoms with Crippen molar-refractivity contribution in [2.24, 2.45) is 0 Å². The Hall–Kier alpha value is -1.63. The van der Waals surface area contributed by atoms with Crippen molar-refractivity contribution in [1.29, 1.82) is 0 Å². The van der Waals surface area contributed by atoms with E-state index in [0.29, 0.717) is 6.61 Å². The number of nitrogens with one attached hydrogen (secondary N) is 2. The van der Waals surface area contributed by atoms with Crippen LogP contribution in [0.3, 0.4) is 0 Å². The number of rotatable bonds is 8. The number of anilines is 1. The summed E-state index contributed by atoms with van der Waals surface area (Å²) in [5, 5.41) is 14.8. The Kier molecular flexibility index (Phi) is 7.14. The van der Waals surface area contributed by atoms with Gasteiger partial charge in [0.2, 0.25) is 5.91 Å². The average molecular weight is 315 g/mol. The lowest BCUT2D eigenvalue weighted by molar-refractivity contribution is -0.115. The Labute approximate surface area is 128 Å². The van der Waals surface area contributed by atoms with Crippen LogP contribution >= 0.6 is 11.6 Å². The van der Waals surface area contributed by atoms with Gasteiger partial charge in [0.25, 0.3) is 0 Å². The third kappa shape index (κ3) is 5.71. The summed E-state index contributed by atoms with van der Waals surface area (Å²) in [5.74, 6) is -1.37. The van der Waals surface area contributed by atoms with Gasteiger partial charge in [0.05, 0.1) is 29.4 Å². The molecule has 1 aromatic rings. The lowest BCUT2D eigenvalue weighted by Crippen LogP contribution is -2.38. The number of carbonyl (C=O) groups is 2. The number of carbonyl (C=O) groups excluding carboxylic acids is 1. The van der Waals surface area contributed by atoms with Gasteiger partial charge in [-0.2, -0.15) is 0 Å². The maximum atomic E-state index is 11.8. The first-order valence-corrected chi connectivity index (χ1v) is 6.90. The minimum absolute atomic E-state index is 0.0634. The molecule has 0 aliphatic rings. The first kappa shape index (κ1) is 17.4. The third-order valence-corrected chi connectivity index (χ3v) is 3.23. The lowest BCUT2D eigenvalue weighted by atomic mass is 10.2. The minimum Gasteiger partial charge on any atom is -0.478 e. The summed E-state index contributed by atoms with van der Waals surface area (Å²) >= 11 is 5.94. The second kappa shape index (κ2) is 8.61. The molecule has 0 bridgehead atoms. The quantitative estimate of drug-likeness (QED) is 0.683. The zero-order valence-electron chi connectivity index (χ0n) is 12.0. The Morgan fingerprint density at radius 1 is 1.43 bits per heavy atom. The van der Waals surface area contributed by atoms with Crippen LogP contribution in [-0.4, -0.2) is 43.3 Å². The molecule has 1 atom stereocenters. The molecular formula is C14H19ClN2O4. The highest BCUT2D eigenvalue weighted by Gasteiger charge is 2.12. The van der Waals surface area contributed by atoms with Crippen LogP contribution in [0.5, 0.6) is 0 Å². The number of halogens is 1. The van der Waals surface area contributed by atoms with Crippen LogP contribution in [0.25, 0.3) is 0 Å². The number of carboxylic acid groups (broad SMARTS) is 1. The first-order chi connectivity index (χ1) is 9.97. The summed E-state index contributed by atoms with van der Waals surface area (Å²) in [6, 6.07) is 4.23. The molecule has 0 saturated heterocycles. The highest BCUT2D eigenvalue weighted by atomic mass is 35.5. The van der Waals surface area contributed by atoms with Crippen LogP contribution in [-0.2, 0) is 9.53 Å². The molecule has 3 N–H and O–H groups in total. The summed E-state index contributed by atoms with van der Waals surface area (Å²) in [4.78, 5) is 22.7. The first-order valence-electron chi connectivity index (χ1n) is 6.53. The fourth-order valence-electron chi connectivity index (χ4n) is 1.71. The fraction of sp³-hybridized carbons (Fsp3) is 0.429. The second-order valence-corrected chi connectivity index (χ2v) is 4.90. The van der Waals surface area contributed by atoms with Gasteiger partial charge in [0.15, 0.2) is 0 Å². The number of hydrogen-bond acceptors (Lipinski definition) is 4. The summed E-state index contributed by atoms with van der Waals surface area (Å²) in [6.45, 7) is 2.59. The summed E-state index contributed by atoms with van der Waals surface area (Å²) in [7, 11) is 1.60. The predicted molar refractivity (Wildman–Crippen MR) is 81.0 cm³/mol. The maximum absolute atomic E-state index is 11.8. The van der Waals surface area contributed by atoms with Crippen LogP contribution in [0, 0.1) is 0 Å². The predicted octanol–water partition coefficient (Wildman–Crippen LogP) is 1.99. The summed E-state index contributed by atoms with van der Waals surface area (Å²) < 4.78 is 5.03. The molecule has 116 valence electrons. The Balaban J connectivity index is 2.62. The van der Waals surface area contributed by atoms with Crippen molar-refractivity contribution in [2.45, 2.75) is 19.4 Å². The van der Waals surface area contributed by atoms with E-state index >= 15 is 0 Å². The summed E-state index contributed by atoms with van der Waals surface area (Å²) in [6.07, 6.45) is 0.830. The lowest BCUT2D eigenvalue weighted by Gasteiger charge is -2.16. The molecule has 1 rings (SSSR count). The van der Waals surface area contributed by atoms with Crippen LogP contribution in [0.1, 0.15) is 23.7 Å². The normalized spacial score (nSPS) is 12.0. The van der Waals surface area contributed by atoms with Crippen molar-refractivity contribution < 1.29 is 19.4 Å². The Morgan fingerprint density at radius 2 is 2.14 bits per heavy atom. The molecule has 1 amide bonds. The van der Waals surface area contributed by atoms with Crippen molar-refractivity contribution in [2.75, 3.05) is 25.6 Å². The van der Waals surface area contributed by atoms with Gasteiger partial charge in [-0.3, -0.25) is 4.79 Å². The van der Waals surface area contributed by atoms with E-state index in [1.165, 1.54) is 18.2 Å². The molecule has 0 fully saturated rings. The highest BCUT2D eigenvalue weighted by Crippen LogP contribution is 2.22. The Morgan fingerprint density at radius 3 is 2.71 bits per heavy atom. The largest absolute Gasteiger partial charge is 0.478 e. The smallest absolute Gasteiger partial charge is 0.335 e. The molecule has 0 aliphatic heterocycles. The van der Waals surface area contributed by atoms with Crippen molar-refractivity contribution in [3.8, 4) is 0 Å². The number of methoxy groups -OCH3 is 1. The molecular weight excluding hydrogens is 296 g/mol.